The van der Waals surface area contributed by atoms with E-state index in [0.717, 1.165) is 12.8 Å². The average molecular weight is 372 g/mol. The minimum Gasteiger partial charge on any atom is -0.311 e. The van der Waals surface area contributed by atoms with Crippen LogP contribution in [0.2, 0.25) is 0 Å². The van der Waals surface area contributed by atoms with Crippen molar-refractivity contribution in [3.8, 4) is 0 Å². The quantitative estimate of drug-likeness (QED) is 0.367. The van der Waals surface area contributed by atoms with Gasteiger partial charge in [0.05, 0.1) is 0 Å². The van der Waals surface area contributed by atoms with Gasteiger partial charge in [-0.1, -0.05) is 68.7 Å². The Morgan fingerprint density at radius 1 is 0.536 bits per heavy atom. The van der Waals surface area contributed by atoms with Crippen molar-refractivity contribution in [3.05, 3.63) is 89.5 Å². The molecule has 146 valence electrons. The Labute approximate surface area is 171 Å². The molecule has 0 spiro atoms. The van der Waals surface area contributed by atoms with Crippen molar-refractivity contribution in [1.82, 2.24) is 0 Å². The molecule has 0 aliphatic rings. The van der Waals surface area contributed by atoms with Crippen LogP contribution in [0.3, 0.4) is 0 Å². The molecular weight excluding hydrogens is 338 g/mol. The van der Waals surface area contributed by atoms with Crippen LogP contribution in [0.5, 0.6) is 0 Å². The molecule has 0 radical (unpaired) electrons. The molecule has 0 saturated heterocycles. The number of unbranched alkanes of at least 4 members (excludes halogenated alkanes) is 2. The summed E-state index contributed by atoms with van der Waals surface area (Å²) in [5.74, 6) is 0. The molecule has 0 heterocycles. The van der Waals surface area contributed by atoms with Crippen LogP contribution in [0.15, 0.2) is 72.8 Å². The van der Waals surface area contributed by atoms with E-state index >= 15 is 0 Å². The van der Waals surface area contributed by atoms with Gasteiger partial charge in [-0.05, 0) is 80.1 Å². The summed E-state index contributed by atoms with van der Waals surface area (Å²) in [5.41, 5.74) is 7.76. The van der Waals surface area contributed by atoms with Gasteiger partial charge in [0.2, 0.25) is 0 Å². The molecule has 28 heavy (non-hydrogen) atoms. The fraction of sp³-hybridized carbons (Fsp3) is 0.333. The van der Waals surface area contributed by atoms with Crippen molar-refractivity contribution in [2.45, 2.75) is 59.3 Å². The maximum absolute atomic E-state index is 2.35. The van der Waals surface area contributed by atoms with Gasteiger partial charge in [-0.15, -0.1) is 0 Å². The number of hydrogen-bond acceptors (Lipinski definition) is 1. The predicted molar refractivity (Wildman–Crippen MR) is 123 cm³/mol. The van der Waals surface area contributed by atoms with Gasteiger partial charge in [0.15, 0.2) is 0 Å². The number of benzene rings is 3. The molecule has 3 aromatic carbocycles. The Morgan fingerprint density at radius 3 is 1.25 bits per heavy atom. The smallest absolute Gasteiger partial charge is 0.0461 e. The second-order valence-corrected chi connectivity index (χ2v) is 7.71. The standard InChI is InChI=1S/C27H33N/c1-4-6-8-23-12-18-26(19-13-23)28(25-16-10-22(3)11-17-25)27-20-14-24(15-21-27)9-7-5-2/h10-21H,4-9H2,1-3H3. The van der Waals surface area contributed by atoms with Crippen molar-refractivity contribution in [3.63, 3.8) is 0 Å². The third-order valence-corrected chi connectivity index (χ3v) is 5.32. The number of hydrogen-bond donors (Lipinski definition) is 0. The van der Waals surface area contributed by atoms with Crippen LogP contribution in [-0.2, 0) is 12.8 Å². The third kappa shape index (κ3) is 5.25. The lowest BCUT2D eigenvalue weighted by Crippen LogP contribution is -2.10. The molecule has 0 fully saturated rings. The largest absolute Gasteiger partial charge is 0.311 e. The van der Waals surface area contributed by atoms with E-state index in [4.69, 9.17) is 0 Å². The minimum atomic E-state index is 1.16. The molecule has 0 aliphatic heterocycles. The molecule has 0 saturated carbocycles. The zero-order valence-electron chi connectivity index (χ0n) is 17.6. The molecule has 0 atom stereocenters. The first-order valence-corrected chi connectivity index (χ1v) is 10.8. The summed E-state index contributed by atoms with van der Waals surface area (Å²) in [6.07, 6.45) is 7.30. The van der Waals surface area contributed by atoms with E-state index < -0.39 is 0 Å². The second-order valence-electron chi connectivity index (χ2n) is 7.71. The Morgan fingerprint density at radius 2 is 0.893 bits per heavy atom. The summed E-state index contributed by atoms with van der Waals surface area (Å²) in [6, 6.07) is 27.0. The minimum absolute atomic E-state index is 1.16. The van der Waals surface area contributed by atoms with Gasteiger partial charge in [0, 0.05) is 17.1 Å². The zero-order valence-corrected chi connectivity index (χ0v) is 17.6. The summed E-state index contributed by atoms with van der Waals surface area (Å²) < 4.78 is 0. The second kappa shape index (κ2) is 10.1. The van der Waals surface area contributed by atoms with Gasteiger partial charge < -0.3 is 4.90 Å². The molecule has 3 aromatic rings. The van der Waals surface area contributed by atoms with Crippen LogP contribution >= 0.6 is 0 Å². The van der Waals surface area contributed by atoms with Crippen molar-refractivity contribution in [2.75, 3.05) is 4.90 Å². The highest BCUT2D eigenvalue weighted by atomic mass is 15.1. The molecule has 1 heteroatoms. The van der Waals surface area contributed by atoms with Gasteiger partial charge in [0.1, 0.15) is 0 Å². The lowest BCUT2D eigenvalue weighted by Gasteiger charge is -2.26. The van der Waals surface area contributed by atoms with Crippen LogP contribution in [0.1, 0.15) is 56.2 Å². The van der Waals surface area contributed by atoms with E-state index in [9.17, 15) is 0 Å². The van der Waals surface area contributed by atoms with Crippen molar-refractivity contribution < 1.29 is 0 Å². The number of aryl methyl sites for hydroxylation is 3. The zero-order chi connectivity index (χ0) is 19.8. The number of nitrogens with zero attached hydrogens (tertiary/aromatic N) is 1. The summed E-state index contributed by atoms with van der Waals surface area (Å²) in [4.78, 5) is 2.35. The predicted octanol–water partition coefficient (Wildman–Crippen LogP) is 8.15. The average Bonchev–Trinajstić information content (AvgIpc) is 2.74. The highest BCUT2D eigenvalue weighted by molar-refractivity contribution is 5.76. The summed E-state index contributed by atoms with van der Waals surface area (Å²) >= 11 is 0. The lowest BCUT2D eigenvalue weighted by atomic mass is 10.1. The fourth-order valence-electron chi connectivity index (χ4n) is 3.53. The first-order chi connectivity index (χ1) is 13.7. The number of anilines is 3. The van der Waals surface area contributed by atoms with Crippen LogP contribution in [-0.4, -0.2) is 0 Å². The Kier molecular flexibility index (Phi) is 7.31. The highest BCUT2D eigenvalue weighted by Crippen LogP contribution is 2.35. The van der Waals surface area contributed by atoms with E-state index in [1.165, 1.54) is 59.4 Å². The van der Waals surface area contributed by atoms with E-state index in [1.807, 2.05) is 0 Å². The van der Waals surface area contributed by atoms with Gasteiger partial charge in [-0.2, -0.15) is 0 Å². The molecule has 0 aromatic heterocycles. The van der Waals surface area contributed by atoms with Crippen molar-refractivity contribution in [2.24, 2.45) is 0 Å². The molecule has 0 bridgehead atoms. The van der Waals surface area contributed by atoms with Crippen molar-refractivity contribution >= 4 is 17.1 Å². The summed E-state index contributed by atoms with van der Waals surface area (Å²) in [5, 5.41) is 0. The Balaban J connectivity index is 1.92. The van der Waals surface area contributed by atoms with Crippen molar-refractivity contribution in [1.29, 1.82) is 0 Å². The fourth-order valence-corrected chi connectivity index (χ4v) is 3.53. The monoisotopic (exact) mass is 371 g/mol. The van der Waals surface area contributed by atoms with Gasteiger partial charge in [0.25, 0.3) is 0 Å². The van der Waals surface area contributed by atoms with E-state index in [1.54, 1.807) is 0 Å². The first kappa shape index (κ1) is 20.2. The molecule has 3 rings (SSSR count). The van der Waals surface area contributed by atoms with Crippen LogP contribution < -0.4 is 4.90 Å². The van der Waals surface area contributed by atoms with Crippen LogP contribution in [0, 0.1) is 6.92 Å². The molecular formula is C27H33N. The summed E-state index contributed by atoms with van der Waals surface area (Å²) in [6.45, 7) is 6.63. The highest BCUT2D eigenvalue weighted by Gasteiger charge is 2.12. The molecule has 1 nitrogen and oxygen atoms in total. The van der Waals surface area contributed by atoms with Crippen LogP contribution in [0.4, 0.5) is 17.1 Å². The normalized spacial score (nSPS) is 10.8. The molecule has 0 N–H and O–H groups in total. The SMILES string of the molecule is CCCCc1ccc(N(c2ccc(C)cc2)c2ccc(CCCC)cc2)cc1. The first-order valence-electron chi connectivity index (χ1n) is 10.8. The summed E-state index contributed by atoms with van der Waals surface area (Å²) in [7, 11) is 0. The number of rotatable bonds is 9. The maximum atomic E-state index is 2.35. The topological polar surface area (TPSA) is 3.24 Å². The molecule has 0 unspecified atom stereocenters. The van der Waals surface area contributed by atoms with E-state index in [0.29, 0.717) is 0 Å². The van der Waals surface area contributed by atoms with E-state index in [2.05, 4.69) is 98.5 Å². The van der Waals surface area contributed by atoms with Gasteiger partial charge in [-0.25, -0.2) is 0 Å². The Hall–Kier alpha value is -2.54. The molecule has 0 amide bonds. The maximum Gasteiger partial charge on any atom is 0.0461 e. The van der Waals surface area contributed by atoms with E-state index in [-0.39, 0.29) is 0 Å². The molecule has 0 aliphatic carbocycles. The van der Waals surface area contributed by atoms with Gasteiger partial charge in [-0.3, -0.25) is 0 Å². The van der Waals surface area contributed by atoms with Gasteiger partial charge >= 0.3 is 0 Å². The Bertz CT molecular complexity index is 777. The lowest BCUT2D eigenvalue weighted by molar-refractivity contribution is 0.795. The third-order valence-electron chi connectivity index (χ3n) is 5.32. The van der Waals surface area contributed by atoms with Crippen LogP contribution in [0.25, 0.3) is 0 Å².